The minimum atomic E-state index is 0.0166. The molecule has 1 unspecified atom stereocenters. The second-order valence-electron chi connectivity index (χ2n) is 3.92. The van der Waals surface area contributed by atoms with Crippen LogP contribution in [0.3, 0.4) is 0 Å². The second kappa shape index (κ2) is 6.51. The summed E-state index contributed by atoms with van der Waals surface area (Å²) in [5, 5.41) is 3.47. The Morgan fingerprint density at radius 1 is 1.44 bits per heavy atom. The van der Waals surface area contributed by atoms with E-state index in [9.17, 15) is 4.79 Å². The number of benzene rings is 1. The molecule has 0 fully saturated rings. The van der Waals surface area contributed by atoms with E-state index < -0.39 is 0 Å². The van der Waals surface area contributed by atoms with Crippen molar-refractivity contribution in [3.63, 3.8) is 0 Å². The number of nitrogens with one attached hydrogen (secondary N) is 1. The van der Waals surface area contributed by atoms with Gasteiger partial charge in [0.2, 0.25) is 5.91 Å². The molecule has 3 N–H and O–H groups in total. The number of halogens is 1. The van der Waals surface area contributed by atoms with Gasteiger partial charge in [0, 0.05) is 23.2 Å². The highest BCUT2D eigenvalue weighted by Gasteiger charge is 2.03. The molecule has 0 aromatic heterocycles. The highest BCUT2D eigenvalue weighted by Crippen LogP contribution is 2.13. The van der Waals surface area contributed by atoms with E-state index in [4.69, 9.17) is 17.3 Å². The van der Waals surface area contributed by atoms with Crippen LogP contribution in [-0.4, -0.2) is 11.9 Å². The van der Waals surface area contributed by atoms with Crippen LogP contribution in [0.25, 0.3) is 0 Å². The zero-order valence-corrected chi connectivity index (χ0v) is 10.1. The molecule has 0 heterocycles. The van der Waals surface area contributed by atoms with E-state index in [2.05, 4.69) is 5.32 Å². The Hall–Kier alpha value is -1.06. The van der Waals surface area contributed by atoms with Crippen LogP contribution in [0.2, 0.25) is 5.02 Å². The summed E-state index contributed by atoms with van der Waals surface area (Å²) < 4.78 is 0. The lowest BCUT2D eigenvalue weighted by Gasteiger charge is -2.06. The molecule has 0 aliphatic rings. The van der Waals surface area contributed by atoms with Gasteiger partial charge in [-0.2, -0.15) is 0 Å². The van der Waals surface area contributed by atoms with E-state index in [1.54, 1.807) is 24.3 Å². The standard InChI is InChI=1S/C12H17ClN2O/c1-9(14)3-2-4-12(16)15-11-7-5-10(13)6-8-11/h5-9H,2-4,14H2,1H3,(H,15,16). The van der Waals surface area contributed by atoms with E-state index in [0.717, 1.165) is 18.5 Å². The van der Waals surface area contributed by atoms with Gasteiger partial charge in [0.25, 0.3) is 0 Å². The van der Waals surface area contributed by atoms with Gasteiger partial charge in [0.15, 0.2) is 0 Å². The van der Waals surface area contributed by atoms with Gasteiger partial charge in [-0.3, -0.25) is 4.79 Å². The summed E-state index contributed by atoms with van der Waals surface area (Å²) in [7, 11) is 0. The molecule has 0 bridgehead atoms. The molecule has 16 heavy (non-hydrogen) atoms. The predicted octanol–water partition coefficient (Wildman–Crippen LogP) is 2.80. The Balaban J connectivity index is 2.31. The zero-order chi connectivity index (χ0) is 12.0. The van der Waals surface area contributed by atoms with Gasteiger partial charge in [-0.15, -0.1) is 0 Å². The van der Waals surface area contributed by atoms with Gasteiger partial charge in [0.05, 0.1) is 0 Å². The summed E-state index contributed by atoms with van der Waals surface area (Å²) in [6, 6.07) is 7.22. The molecular weight excluding hydrogens is 224 g/mol. The fraction of sp³-hybridized carbons (Fsp3) is 0.417. The van der Waals surface area contributed by atoms with E-state index in [1.165, 1.54) is 0 Å². The molecule has 0 saturated carbocycles. The van der Waals surface area contributed by atoms with Crippen LogP contribution in [-0.2, 0) is 4.79 Å². The third-order valence-electron chi connectivity index (χ3n) is 2.19. The maximum Gasteiger partial charge on any atom is 0.224 e. The first-order valence-electron chi connectivity index (χ1n) is 5.39. The van der Waals surface area contributed by atoms with Crippen molar-refractivity contribution in [1.82, 2.24) is 0 Å². The summed E-state index contributed by atoms with van der Waals surface area (Å²) in [6.45, 7) is 1.94. The number of hydrogen-bond acceptors (Lipinski definition) is 2. The van der Waals surface area contributed by atoms with Gasteiger partial charge in [-0.25, -0.2) is 0 Å². The number of carbonyl (C=O) groups excluding carboxylic acids is 1. The normalized spacial score (nSPS) is 12.2. The molecule has 0 radical (unpaired) electrons. The molecule has 1 amide bonds. The van der Waals surface area contributed by atoms with Gasteiger partial charge < -0.3 is 11.1 Å². The lowest BCUT2D eigenvalue weighted by molar-refractivity contribution is -0.116. The van der Waals surface area contributed by atoms with Gasteiger partial charge in [0.1, 0.15) is 0 Å². The van der Waals surface area contributed by atoms with Crippen molar-refractivity contribution in [1.29, 1.82) is 0 Å². The van der Waals surface area contributed by atoms with Crippen LogP contribution >= 0.6 is 11.6 Å². The highest BCUT2D eigenvalue weighted by molar-refractivity contribution is 6.30. The van der Waals surface area contributed by atoms with Crippen LogP contribution in [0.1, 0.15) is 26.2 Å². The lowest BCUT2D eigenvalue weighted by Crippen LogP contribution is -2.16. The van der Waals surface area contributed by atoms with Gasteiger partial charge >= 0.3 is 0 Å². The monoisotopic (exact) mass is 240 g/mol. The van der Waals surface area contributed by atoms with Gasteiger partial charge in [-0.05, 0) is 44.0 Å². The van der Waals surface area contributed by atoms with Crippen LogP contribution in [0.15, 0.2) is 24.3 Å². The minimum absolute atomic E-state index is 0.0166. The Labute approximate surface area is 101 Å². The molecule has 0 saturated heterocycles. The Morgan fingerprint density at radius 2 is 2.06 bits per heavy atom. The van der Waals surface area contributed by atoms with Gasteiger partial charge in [-0.1, -0.05) is 11.6 Å². The number of rotatable bonds is 5. The second-order valence-corrected chi connectivity index (χ2v) is 4.36. The first kappa shape index (κ1) is 13.0. The Morgan fingerprint density at radius 3 is 2.62 bits per heavy atom. The average molecular weight is 241 g/mol. The average Bonchev–Trinajstić information content (AvgIpc) is 2.21. The van der Waals surface area contributed by atoms with Crippen LogP contribution < -0.4 is 11.1 Å². The first-order valence-corrected chi connectivity index (χ1v) is 5.76. The van der Waals surface area contributed by atoms with Crippen LogP contribution in [0.4, 0.5) is 5.69 Å². The first-order chi connectivity index (χ1) is 7.58. The molecule has 1 aromatic carbocycles. The zero-order valence-electron chi connectivity index (χ0n) is 9.37. The maximum absolute atomic E-state index is 11.5. The van der Waals surface area contributed by atoms with Crippen molar-refractivity contribution in [3.05, 3.63) is 29.3 Å². The van der Waals surface area contributed by atoms with E-state index >= 15 is 0 Å². The van der Waals surface area contributed by atoms with Crippen LogP contribution in [0.5, 0.6) is 0 Å². The molecule has 4 heteroatoms. The van der Waals surface area contributed by atoms with Crippen molar-refractivity contribution in [2.45, 2.75) is 32.2 Å². The SMILES string of the molecule is CC(N)CCCC(=O)Nc1ccc(Cl)cc1. The molecule has 88 valence electrons. The van der Waals surface area contributed by atoms with E-state index in [-0.39, 0.29) is 11.9 Å². The summed E-state index contributed by atoms with van der Waals surface area (Å²) in [5.41, 5.74) is 6.37. The molecule has 1 aromatic rings. The molecule has 1 atom stereocenters. The number of amides is 1. The molecule has 0 spiro atoms. The molecule has 1 rings (SSSR count). The highest BCUT2D eigenvalue weighted by atomic mass is 35.5. The quantitative estimate of drug-likeness (QED) is 0.832. The van der Waals surface area contributed by atoms with Crippen molar-refractivity contribution in [2.75, 3.05) is 5.32 Å². The molecular formula is C12H17ClN2O. The van der Waals surface area contributed by atoms with E-state index in [1.807, 2.05) is 6.92 Å². The number of carbonyl (C=O) groups is 1. The molecule has 0 aliphatic heterocycles. The number of nitrogens with two attached hydrogens (primary N) is 1. The van der Waals surface area contributed by atoms with Crippen molar-refractivity contribution in [2.24, 2.45) is 5.73 Å². The minimum Gasteiger partial charge on any atom is -0.328 e. The maximum atomic E-state index is 11.5. The molecule has 0 aliphatic carbocycles. The largest absolute Gasteiger partial charge is 0.328 e. The third kappa shape index (κ3) is 5.14. The number of anilines is 1. The Kier molecular flexibility index (Phi) is 5.29. The van der Waals surface area contributed by atoms with Crippen LogP contribution in [0, 0.1) is 0 Å². The summed E-state index contributed by atoms with van der Waals surface area (Å²) in [6.07, 6.45) is 2.19. The fourth-order valence-corrected chi connectivity index (χ4v) is 1.47. The summed E-state index contributed by atoms with van der Waals surface area (Å²) in [5.74, 6) is 0.0166. The number of hydrogen-bond donors (Lipinski definition) is 2. The van der Waals surface area contributed by atoms with Crippen molar-refractivity contribution < 1.29 is 4.79 Å². The predicted molar refractivity (Wildman–Crippen MR) is 67.6 cm³/mol. The fourth-order valence-electron chi connectivity index (χ4n) is 1.34. The third-order valence-corrected chi connectivity index (χ3v) is 2.44. The summed E-state index contributed by atoms with van der Waals surface area (Å²) >= 11 is 5.74. The van der Waals surface area contributed by atoms with Crippen molar-refractivity contribution >= 4 is 23.2 Å². The Bertz CT molecular complexity index is 335. The smallest absolute Gasteiger partial charge is 0.224 e. The summed E-state index contributed by atoms with van der Waals surface area (Å²) in [4.78, 5) is 11.5. The topological polar surface area (TPSA) is 55.1 Å². The molecule has 3 nitrogen and oxygen atoms in total. The van der Waals surface area contributed by atoms with Crippen molar-refractivity contribution in [3.8, 4) is 0 Å². The van der Waals surface area contributed by atoms with E-state index in [0.29, 0.717) is 11.4 Å². The lowest BCUT2D eigenvalue weighted by atomic mass is 10.1.